The molecule has 8 heteroatoms. The summed E-state index contributed by atoms with van der Waals surface area (Å²) in [7, 11) is -2.67. The average Bonchev–Trinajstić information content (AvgIpc) is 2.38. The van der Waals surface area contributed by atoms with E-state index in [1.165, 1.54) is 25.3 Å². The molecule has 0 spiro atoms. The highest BCUT2D eigenvalue weighted by Crippen LogP contribution is 2.24. The fourth-order valence-corrected chi connectivity index (χ4v) is 3.00. The zero-order chi connectivity index (χ0) is 14.6. The molecule has 0 heterocycles. The van der Waals surface area contributed by atoms with Crippen LogP contribution in [0.25, 0.3) is 0 Å². The fourth-order valence-electron chi connectivity index (χ4n) is 1.34. The van der Waals surface area contributed by atoms with Crippen LogP contribution in [0.15, 0.2) is 23.1 Å². The third-order valence-electron chi connectivity index (χ3n) is 2.39. The van der Waals surface area contributed by atoms with E-state index in [4.69, 9.17) is 23.2 Å². The number of benzene rings is 1. The lowest BCUT2D eigenvalue weighted by molar-refractivity contribution is -0.142. The third-order valence-corrected chi connectivity index (χ3v) is 4.60. The lowest BCUT2D eigenvalue weighted by Gasteiger charge is -2.15. The number of hydrogen-bond acceptors (Lipinski definition) is 4. The van der Waals surface area contributed by atoms with E-state index in [-0.39, 0.29) is 21.4 Å². The summed E-state index contributed by atoms with van der Waals surface area (Å²) in [4.78, 5) is 11.3. The van der Waals surface area contributed by atoms with Gasteiger partial charge >= 0.3 is 5.97 Å². The first-order valence-electron chi connectivity index (χ1n) is 5.37. The summed E-state index contributed by atoms with van der Waals surface area (Å²) >= 11 is 11.5. The minimum atomic E-state index is -3.86. The van der Waals surface area contributed by atoms with E-state index in [0.717, 1.165) is 0 Å². The molecule has 1 aromatic rings. The van der Waals surface area contributed by atoms with Gasteiger partial charge in [0.1, 0.15) is 6.04 Å². The van der Waals surface area contributed by atoms with Gasteiger partial charge in [0, 0.05) is 0 Å². The molecule has 19 heavy (non-hydrogen) atoms. The lowest BCUT2D eigenvalue weighted by Crippen LogP contribution is -2.40. The number of rotatable bonds is 5. The van der Waals surface area contributed by atoms with E-state index in [1.807, 2.05) is 0 Å². The molecule has 0 radical (unpaired) electrons. The van der Waals surface area contributed by atoms with E-state index in [2.05, 4.69) is 9.46 Å². The van der Waals surface area contributed by atoms with E-state index in [9.17, 15) is 13.2 Å². The predicted molar refractivity (Wildman–Crippen MR) is 72.9 cm³/mol. The van der Waals surface area contributed by atoms with Crippen molar-refractivity contribution in [3.8, 4) is 0 Å². The summed E-state index contributed by atoms with van der Waals surface area (Å²) in [5, 5.41) is 0.372. The largest absolute Gasteiger partial charge is 0.468 e. The van der Waals surface area contributed by atoms with Crippen molar-refractivity contribution in [2.45, 2.75) is 24.3 Å². The first kappa shape index (κ1) is 16.2. The maximum absolute atomic E-state index is 12.1. The second-order valence-electron chi connectivity index (χ2n) is 3.68. The Morgan fingerprint density at radius 1 is 1.37 bits per heavy atom. The number of halogens is 2. The van der Waals surface area contributed by atoms with Crippen LogP contribution in [0.1, 0.15) is 13.3 Å². The Kier molecular flexibility index (Phi) is 5.61. The van der Waals surface area contributed by atoms with Crippen LogP contribution in [0.3, 0.4) is 0 Å². The predicted octanol–water partition coefficient (Wildman–Crippen LogP) is 2.22. The van der Waals surface area contributed by atoms with Crippen molar-refractivity contribution in [1.29, 1.82) is 0 Å². The lowest BCUT2D eigenvalue weighted by atomic mass is 10.2. The molecule has 1 rings (SSSR count). The molecule has 106 valence electrons. The second kappa shape index (κ2) is 6.56. The monoisotopic (exact) mass is 325 g/mol. The first-order chi connectivity index (χ1) is 8.81. The van der Waals surface area contributed by atoms with Gasteiger partial charge in [-0.25, -0.2) is 8.42 Å². The van der Waals surface area contributed by atoms with Crippen LogP contribution in [-0.4, -0.2) is 27.5 Å². The molecule has 5 nitrogen and oxygen atoms in total. The molecule has 0 amide bonds. The summed E-state index contributed by atoms with van der Waals surface area (Å²) in [5.41, 5.74) is 0. The van der Waals surface area contributed by atoms with E-state index < -0.39 is 22.0 Å². The van der Waals surface area contributed by atoms with Crippen molar-refractivity contribution in [1.82, 2.24) is 4.72 Å². The van der Waals surface area contributed by atoms with Crippen LogP contribution in [0.4, 0.5) is 0 Å². The van der Waals surface area contributed by atoms with Gasteiger partial charge in [0.15, 0.2) is 0 Å². The zero-order valence-corrected chi connectivity index (χ0v) is 12.6. The molecule has 1 N–H and O–H groups in total. The average molecular weight is 326 g/mol. The molecule has 1 atom stereocenters. The Balaban J connectivity index is 3.03. The molecule has 0 aliphatic rings. The molecule has 0 aliphatic heterocycles. The number of sulfonamides is 1. The normalized spacial score (nSPS) is 13.1. The van der Waals surface area contributed by atoms with Crippen molar-refractivity contribution < 1.29 is 17.9 Å². The summed E-state index contributed by atoms with van der Waals surface area (Å²) in [5.74, 6) is -0.647. The van der Waals surface area contributed by atoms with Gasteiger partial charge in [-0.05, 0) is 24.6 Å². The van der Waals surface area contributed by atoms with Gasteiger partial charge in [0.25, 0.3) is 0 Å². The number of carbonyl (C=O) groups excluding carboxylic acids is 1. The maximum Gasteiger partial charge on any atom is 0.323 e. The van der Waals surface area contributed by atoms with Crippen LogP contribution in [0.5, 0.6) is 0 Å². The Hall–Kier alpha value is -0.820. The Morgan fingerprint density at radius 2 is 2.00 bits per heavy atom. The first-order valence-corrected chi connectivity index (χ1v) is 7.61. The van der Waals surface area contributed by atoms with Crippen LogP contribution >= 0.6 is 23.2 Å². The van der Waals surface area contributed by atoms with Gasteiger partial charge in [-0.15, -0.1) is 0 Å². The van der Waals surface area contributed by atoms with E-state index in [0.29, 0.717) is 0 Å². The highest BCUT2D eigenvalue weighted by atomic mass is 35.5. The molecular formula is C11H13Cl2NO4S. The zero-order valence-electron chi connectivity index (χ0n) is 10.3. The van der Waals surface area contributed by atoms with Crippen LogP contribution in [-0.2, 0) is 19.6 Å². The number of nitrogens with one attached hydrogen (secondary N) is 1. The van der Waals surface area contributed by atoms with Gasteiger partial charge in [-0.2, -0.15) is 4.72 Å². The maximum atomic E-state index is 12.1. The van der Waals surface area contributed by atoms with Crippen molar-refractivity contribution in [3.63, 3.8) is 0 Å². The van der Waals surface area contributed by atoms with Crippen LogP contribution < -0.4 is 4.72 Å². The Morgan fingerprint density at radius 3 is 2.47 bits per heavy atom. The highest BCUT2D eigenvalue weighted by molar-refractivity contribution is 7.89. The number of ether oxygens (including phenoxy) is 1. The van der Waals surface area contributed by atoms with Crippen molar-refractivity contribution >= 4 is 39.2 Å². The van der Waals surface area contributed by atoms with Crippen LogP contribution in [0.2, 0.25) is 10.0 Å². The minimum Gasteiger partial charge on any atom is -0.468 e. The summed E-state index contributed by atoms with van der Waals surface area (Å²) in [6.45, 7) is 1.67. The highest BCUT2D eigenvalue weighted by Gasteiger charge is 2.25. The molecule has 0 aliphatic carbocycles. The molecule has 0 aromatic heterocycles. The standard InChI is InChI=1S/C11H13Cl2NO4S/c1-3-10(11(15)18-2)14-19(16,17)7-4-5-8(12)9(13)6-7/h4-6,10,14H,3H2,1-2H3. The van der Waals surface area contributed by atoms with E-state index in [1.54, 1.807) is 6.92 Å². The fraction of sp³-hybridized carbons (Fsp3) is 0.364. The van der Waals surface area contributed by atoms with Crippen molar-refractivity contribution in [3.05, 3.63) is 28.2 Å². The minimum absolute atomic E-state index is 0.0655. The van der Waals surface area contributed by atoms with Gasteiger partial charge in [0.05, 0.1) is 22.1 Å². The molecular weight excluding hydrogens is 313 g/mol. The second-order valence-corrected chi connectivity index (χ2v) is 6.21. The number of methoxy groups -OCH3 is 1. The van der Waals surface area contributed by atoms with Crippen molar-refractivity contribution in [2.24, 2.45) is 0 Å². The topological polar surface area (TPSA) is 72.5 Å². The summed E-state index contributed by atoms with van der Waals surface area (Å²) in [6.07, 6.45) is 0.271. The van der Waals surface area contributed by atoms with Crippen molar-refractivity contribution in [2.75, 3.05) is 7.11 Å². The SMILES string of the molecule is CCC(NS(=O)(=O)c1ccc(Cl)c(Cl)c1)C(=O)OC. The van der Waals surface area contributed by atoms with Gasteiger partial charge in [-0.3, -0.25) is 4.79 Å². The molecule has 1 unspecified atom stereocenters. The molecule has 0 saturated heterocycles. The number of hydrogen-bond donors (Lipinski definition) is 1. The molecule has 1 aromatic carbocycles. The summed E-state index contributed by atoms with van der Waals surface area (Å²) in [6, 6.07) is 2.96. The van der Waals surface area contributed by atoms with Gasteiger partial charge < -0.3 is 4.74 Å². The van der Waals surface area contributed by atoms with Gasteiger partial charge in [-0.1, -0.05) is 30.1 Å². The molecule has 0 bridgehead atoms. The number of esters is 1. The third kappa shape index (κ3) is 4.07. The smallest absolute Gasteiger partial charge is 0.323 e. The van der Waals surface area contributed by atoms with Gasteiger partial charge in [0.2, 0.25) is 10.0 Å². The summed E-state index contributed by atoms with van der Waals surface area (Å²) < 4.78 is 30.9. The molecule has 0 saturated carbocycles. The number of carbonyl (C=O) groups is 1. The van der Waals surface area contributed by atoms with Crippen LogP contribution in [0, 0.1) is 0 Å². The Bertz CT molecular complexity index is 574. The molecule has 0 fully saturated rings. The van der Waals surface area contributed by atoms with E-state index >= 15 is 0 Å². The quantitative estimate of drug-likeness (QED) is 0.842. The Labute approximate surface area is 121 Å².